The molecular formula is C77H136B2O48. The summed E-state index contributed by atoms with van der Waals surface area (Å²) in [5, 5.41) is 0. The van der Waals surface area contributed by atoms with Gasteiger partial charge in [0.2, 0.25) is 0 Å². The molecule has 0 atom stereocenters. The quantitative estimate of drug-likeness (QED) is 0.0383. The molecule has 738 valence electrons. The first-order valence-corrected chi connectivity index (χ1v) is 42.2. The fourth-order valence-corrected chi connectivity index (χ4v) is 10.6. The third kappa shape index (κ3) is 53.5. The largest absolute Gasteiger partial charge is 0.494 e. The maximum Gasteiger partial charge on any atom is 0.494 e. The van der Waals surface area contributed by atoms with E-state index in [1.807, 2.05) is 0 Å². The SMILES string of the molecule is COCCOOCCOOCCOOCCOOCCOOCCOOCCOOCCOOCCOOCCOOCCOCCCC1(CCCOCCOOCCOOCCOOCCOOCCOOCCOOCCOOCCOOCCOOCCOOCCOC)c2cc(B3OC(C)(C)C(C)(C)O3)ccc2-c2ccc(B3OC(C)(C)C(C)(C)O3)cc21. The average molecular weight is 1850 g/mol. The van der Waals surface area contributed by atoms with Crippen LogP contribution in [0.2, 0.25) is 0 Å². The molecule has 2 fully saturated rings. The van der Waals surface area contributed by atoms with Crippen LogP contribution in [0.15, 0.2) is 36.4 Å². The Bertz CT molecular complexity index is 2630. The van der Waals surface area contributed by atoms with E-state index in [4.69, 9.17) is 233 Å². The molecule has 0 N–H and O–H groups in total. The number of rotatable bonds is 96. The van der Waals surface area contributed by atoms with E-state index >= 15 is 0 Å². The first kappa shape index (κ1) is 114. The van der Waals surface area contributed by atoms with Gasteiger partial charge in [0.05, 0.1) is 48.8 Å². The first-order valence-electron chi connectivity index (χ1n) is 42.2. The normalized spacial score (nSPS) is 15.4. The predicted octanol–water partition coefficient (Wildman–Crippen LogP) is 4.40. The Morgan fingerprint density at radius 3 is 0.504 bits per heavy atom. The van der Waals surface area contributed by atoms with Gasteiger partial charge in [0.15, 0.2) is 0 Å². The monoisotopic (exact) mass is 1850 g/mol. The molecule has 0 amide bonds. The highest BCUT2D eigenvalue weighted by atomic mass is 17.3. The molecule has 0 spiro atoms. The molecule has 0 radical (unpaired) electrons. The summed E-state index contributed by atoms with van der Waals surface area (Å²) in [4.78, 5) is 200. The van der Waals surface area contributed by atoms with Crippen molar-refractivity contribution in [2.75, 3.05) is 318 Å². The van der Waals surface area contributed by atoms with Gasteiger partial charge >= 0.3 is 14.2 Å². The van der Waals surface area contributed by atoms with Gasteiger partial charge in [-0.15, -0.1) is 0 Å². The molecule has 0 bridgehead atoms. The van der Waals surface area contributed by atoms with Gasteiger partial charge in [-0.25, -0.2) is 196 Å². The Balaban J connectivity index is 0.841. The topological polar surface area (TPSA) is 443 Å². The second kappa shape index (κ2) is 75.9. The maximum atomic E-state index is 6.63. The molecule has 2 saturated heterocycles. The minimum Gasteiger partial charge on any atom is -0.399 e. The summed E-state index contributed by atoms with van der Waals surface area (Å²) in [6, 6.07) is 13.1. The smallest absolute Gasteiger partial charge is 0.399 e. The van der Waals surface area contributed by atoms with Crippen molar-refractivity contribution in [3.63, 3.8) is 0 Å². The molecule has 2 aliphatic heterocycles. The Labute approximate surface area is 741 Å². The third-order valence-corrected chi connectivity index (χ3v) is 17.8. The van der Waals surface area contributed by atoms with Gasteiger partial charge < -0.3 is 37.6 Å². The number of methoxy groups -OCH3 is 2. The lowest BCUT2D eigenvalue weighted by Crippen LogP contribution is -2.41. The van der Waals surface area contributed by atoms with E-state index in [1.165, 1.54) is 11.1 Å². The van der Waals surface area contributed by atoms with Gasteiger partial charge in [-0.3, -0.25) is 0 Å². The number of benzene rings is 2. The lowest BCUT2D eigenvalue weighted by Gasteiger charge is -2.33. The van der Waals surface area contributed by atoms with Gasteiger partial charge in [-0.05, 0) is 114 Å². The molecule has 2 aromatic rings. The van der Waals surface area contributed by atoms with Crippen LogP contribution >= 0.6 is 0 Å². The lowest BCUT2D eigenvalue weighted by atomic mass is 9.67. The van der Waals surface area contributed by atoms with Crippen molar-refractivity contribution in [2.24, 2.45) is 0 Å². The van der Waals surface area contributed by atoms with Crippen molar-refractivity contribution in [3.05, 3.63) is 47.5 Å². The minimum atomic E-state index is -0.578. The van der Waals surface area contributed by atoms with E-state index in [1.54, 1.807) is 14.2 Å². The van der Waals surface area contributed by atoms with Crippen LogP contribution in [0.25, 0.3) is 11.1 Å². The van der Waals surface area contributed by atoms with Crippen molar-refractivity contribution in [3.8, 4) is 11.1 Å². The lowest BCUT2D eigenvalue weighted by molar-refractivity contribution is -0.379. The van der Waals surface area contributed by atoms with Crippen LogP contribution in [-0.4, -0.2) is 355 Å². The summed E-state index contributed by atoms with van der Waals surface area (Å²) in [5.74, 6) is 0. The molecule has 3 aliphatic rings. The van der Waals surface area contributed by atoms with Crippen LogP contribution in [-0.2, 0) is 238 Å². The number of hydrogen-bond acceptors (Lipinski definition) is 48. The zero-order valence-electron chi connectivity index (χ0n) is 75.1. The molecule has 50 heteroatoms. The molecular weight excluding hydrogens is 1710 g/mol. The van der Waals surface area contributed by atoms with E-state index in [0.29, 0.717) is 52.5 Å². The second-order valence-corrected chi connectivity index (χ2v) is 28.2. The van der Waals surface area contributed by atoms with Crippen molar-refractivity contribution >= 4 is 25.2 Å². The fraction of sp³-hybridized carbons (Fsp3) is 0.844. The highest BCUT2D eigenvalue weighted by Crippen LogP contribution is 2.54. The predicted molar refractivity (Wildman–Crippen MR) is 426 cm³/mol. The molecule has 0 saturated carbocycles. The van der Waals surface area contributed by atoms with Crippen LogP contribution in [0.5, 0.6) is 0 Å². The van der Waals surface area contributed by atoms with Crippen molar-refractivity contribution in [1.29, 1.82) is 0 Å². The van der Waals surface area contributed by atoms with Crippen molar-refractivity contribution in [1.82, 2.24) is 0 Å². The van der Waals surface area contributed by atoms with E-state index in [-0.39, 0.29) is 264 Å². The zero-order chi connectivity index (χ0) is 90.7. The van der Waals surface area contributed by atoms with Crippen LogP contribution in [0.1, 0.15) is 92.2 Å². The Kier molecular flexibility index (Phi) is 68.2. The number of fused-ring (bicyclic) bond motifs is 3. The minimum absolute atomic E-state index is 0.0831. The number of ether oxygens (including phenoxy) is 4. The molecule has 127 heavy (non-hydrogen) atoms. The van der Waals surface area contributed by atoms with Crippen LogP contribution in [0.3, 0.4) is 0 Å². The molecule has 0 unspecified atom stereocenters. The van der Waals surface area contributed by atoms with Gasteiger partial charge in [-0.1, -0.05) is 36.4 Å². The zero-order valence-corrected chi connectivity index (χ0v) is 75.1. The van der Waals surface area contributed by atoms with Crippen LogP contribution in [0, 0.1) is 0 Å². The summed E-state index contributed by atoms with van der Waals surface area (Å²) in [5.41, 5.74) is 3.77. The van der Waals surface area contributed by atoms with Gasteiger partial charge in [0.25, 0.3) is 0 Å². The van der Waals surface area contributed by atoms with Gasteiger partial charge in [0.1, 0.15) is 264 Å². The molecule has 5 rings (SSSR count). The van der Waals surface area contributed by atoms with Crippen molar-refractivity contribution in [2.45, 2.75) is 109 Å². The summed E-state index contributed by atoms with van der Waals surface area (Å²) >= 11 is 0. The Morgan fingerprint density at radius 1 is 0.197 bits per heavy atom. The Hall–Kier alpha value is -3.35. The molecule has 2 aromatic carbocycles. The molecule has 2 heterocycles. The van der Waals surface area contributed by atoms with E-state index in [9.17, 15) is 0 Å². The van der Waals surface area contributed by atoms with Crippen LogP contribution < -0.4 is 10.9 Å². The third-order valence-electron chi connectivity index (χ3n) is 17.8. The molecule has 0 aromatic heterocycles. The highest BCUT2D eigenvalue weighted by Gasteiger charge is 2.54. The van der Waals surface area contributed by atoms with Gasteiger partial charge in [-0.2, -0.15) is 0 Å². The van der Waals surface area contributed by atoms with Gasteiger partial charge in [0, 0.05) is 32.8 Å². The summed E-state index contributed by atoms with van der Waals surface area (Å²) in [7, 11) is 1.97. The summed E-state index contributed by atoms with van der Waals surface area (Å²) < 4.78 is 48.5. The number of hydrogen-bond donors (Lipinski definition) is 0. The Morgan fingerprint density at radius 2 is 0.346 bits per heavy atom. The average Bonchev–Trinajstić information content (AvgIpc) is 1.55. The fourth-order valence-electron chi connectivity index (χ4n) is 10.6. The van der Waals surface area contributed by atoms with Crippen molar-refractivity contribution < 1.29 is 233 Å². The standard InChI is InChI=1S/C77H136B2O48/c1-73(2)74(3,4)125-78(124-73)67-13-15-69-70-16-14-68(79-126-75(5,6)76(7,8)127-79)66-72(70)77(71(69)65-67,17-11-19-82-23-27-86-90-31-35-94-98-39-43-102-106-47-51-110-114-55-59-118-122-63-61-120-116-57-53-112-108-49-45-104-100-41-37-96-92-33-29-88-84-25-21-80-9)18-12-20-83-24-28-87-91-32-36-95-99-40-44-103-107-48-52-111-115-56-60-119-123-64-62-121-117-58-54-113-109-50-46-105-101-42-38-97-93-34-30-89-85-26-22-81-10/h13-16,65-66H,11-12,17-64H2,1-10H3. The van der Waals surface area contributed by atoms with E-state index < -0.39 is 42.1 Å². The van der Waals surface area contributed by atoms with Crippen LogP contribution in [0.4, 0.5) is 0 Å². The summed E-state index contributed by atoms with van der Waals surface area (Å²) in [6.07, 6.45) is 2.85. The highest BCUT2D eigenvalue weighted by molar-refractivity contribution is 6.62. The maximum absolute atomic E-state index is 6.63. The second-order valence-electron chi connectivity index (χ2n) is 28.2. The first-order chi connectivity index (χ1) is 62.2. The van der Waals surface area contributed by atoms with E-state index in [2.05, 4.69) is 91.8 Å². The molecule has 48 nitrogen and oxygen atoms in total. The molecule has 1 aliphatic carbocycles. The summed E-state index contributed by atoms with van der Waals surface area (Å²) in [6.45, 7) is 23.7. The van der Waals surface area contributed by atoms with E-state index in [0.717, 1.165) is 34.9 Å².